The Hall–Kier alpha value is -4.36. The lowest BCUT2D eigenvalue weighted by Crippen LogP contribution is -2.38. The highest BCUT2D eigenvalue weighted by Crippen LogP contribution is 2.47. The van der Waals surface area contributed by atoms with Crippen molar-refractivity contribution in [2.24, 2.45) is 23.7 Å². The van der Waals surface area contributed by atoms with Crippen LogP contribution in [-0.2, 0) is 22.7 Å². The summed E-state index contributed by atoms with van der Waals surface area (Å²) in [6.07, 6.45) is 5.32. The maximum Gasteiger partial charge on any atom is 0.237 e. The molecule has 4 aliphatic rings. The van der Waals surface area contributed by atoms with E-state index in [9.17, 15) is 9.59 Å². The number of aromatic nitrogens is 4. The molecule has 2 saturated heterocycles. The summed E-state index contributed by atoms with van der Waals surface area (Å²) in [6.45, 7) is 2.22. The molecule has 4 aromatic rings. The molecule has 4 N–H and O–H groups in total. The first kappa shape index (κ1) is 32.8. The van der Waals surface area contributed by atoms with Crippen LogP contribution in [0.1, 0.15) is 24.2 Å². The van der Waals surface area contributed by atoms with E-state index in [2.05, 4.69) is 31.2 Å². The lowest BCUT2D eigenvalue weighted by molar-refractivity contribution is -0.122. The second-order valence-electron chi connectivity index (χ2n) is 13.3. The minimum absolute atomic E-state index is 0.150. The molecule has 4 heterocycles. The van der Waals surface area contributed by atoms with Gasteiger partial charge in [0.2, 0.25) is 23.6 Å². The summed E-state index contributed by atoms with van der Waals surface area (Å²) >= 11 is 14.1. The van der Waals surface area contributed by atoms with Gasteiger partial charge in [-0.3, -0.25) is 19.6 Å². The smallest absolute Gasteiger partial charge is 0.237 e. The van der Waals surface area contributed by atoms with Crippen LogP contribution in [0.2, 0.25) is 10.0 Å². The lowest BCUT2D eigenvalue weighted by Gasteiger charge is -2.16. The molecule has 50 heavy (non-hydrogen) atoms. The molecule has 0 spiro atoms. The number of hydrogen-bond donors (Lipinski definition) is 4. The Labute approximate surface area is 299 Å². The number of carbonyl (C=O) groups excluding carboxylic acids is 2. The fourth-order valence-electron chi connectivity index (χ4n) is 7.31. The molecular weight excluding hydrogens is 679 g/mol. The van der Waals surface area contributed by atoms with Gasteiger partial charge >= 0.3 is 0 Å². The van der Waals surface area contributed by atoms with Gasteiger partial charge in [-0.25, -0.2) is 9.97 Å². The van der Waals surface area contributed by atoms with Gasteiger partial charge < -0.3 is 30.7 Å². The number of carbonyl (C=O) groups is 2. The summed E-state index contributed by atoms with van der Waals surface area (Å²) in [5, 5.41) is 13.8. The van der Waals surface area contributed by atoms with Crippen molar-refractivity contribution in [1.29, 1.82) is 0 Å². The average molecular weight is 716 g/mol. The zero-order valence-electron chi connectivity index (χ0n) is 27.5. The number of methoxy groups -OCH3 is 2. The molecule has 0 radical (unpaired) electrons. The van der Waals surface area contributed by atoms with Crippen LogP contribution in [0, 0.1) is 23.7 Å². The highest BCUT2D eigenvalue weighted by atomic mass is 35.5. The first-order valence-electron chi connectivity index (χ1n) is 16.7. The number of benzene rings is 2. The van der Waals surface area contributed by atoms with Gasteiger partial charge in [0, 0.05) is 72.4 Å². The van der Waals surface area contributed by atoms with Crippen molar-refractivity contribution in [3.05, 3.63) is 70.2 Å². The van der Waals surface area contributed by atoms with Gasteiger partial charge in [-0.15, -0.1) is 0 Å². The number of nitrogens with one attached hydrogen (secondary N) is 4. The maximum atomic E-state index is 11.9. The molecule has 258 valence electrons. The van der Waals surface area contributed by atoms with E-state index in [-0.39, 0.29) is 35.7 Å². The molecule has 2 saturated carbocycles. The Kier molecular flexibility index (Phi) is 8.80. The molecular formula is C36H36Cl2N8O4. The van der Waals surface area contributed by atoms with Crippen molar-refractivity contribution in [1.82, 2.24) is 41.2 Å². The number of amides is 2. The molecule has 2 amide bonds. The van der Waals surface area contributed by atoms with Crippen LogP contribution in [0.3, 0.4) is 0 Å². The van der Waals surface area contributed by atoms with Crippen LogP contribution in [-0.4, -0.2) is 71.1 Å². The Morgan fingerprint density at radius 3 is 1.48 bits per heavy atom. The van der Waals surface area contributed by atoms with Crippen LogP contribution >= 0.6 is 23.2 Å². The van der Waals surface area contributed by atoms with Crippen LogP contribution in [0.15, 0.2) is 48.8 Å². The third kappa shape index (κ3) is 6.14. The van der Waals surface area contributed by atoms with Gasteiger partial charge in [-0.2, -0.15) is 0 Å². The van der Waals surface area contributed by atoms with Crippen molar-refractivity contribution in [2.75, 3.05) is 27.3 Å². The van der Waals surface area contributed by atoms with E-state index in [1.54, 1.807) is 26.6 Å². The molecule has 12 nitrogen and oxygen atoms in total. The largest absolute Gasteiger partial charge is 0.480 e. The maximum absolute atomic E-state index is 11.9. The molecule has 8 rings (SSSR count). The van der Waals surface area contributed by atoms with E-state index < -0.39 is 0 Å². The number of ether oxygens (including phenoxy) is 2. The van der Waals surface area contributed by atoms with Gasteiger partial charge in [-0.1, -0.05) is 59.6 Å². The number of piperidine rings is 2. The van der Waals surface area contributed by atoms with Crippen molar-refractivity contribution in [2.45, 2.75) is 38.0 Å². The molecule has 4 fully saturated rings. The topological polar surface area (TPSA) is 152 Å². The Morgan fingerprint density at radius 2 is 1.12 bits per heavy atom. The molecule has 2 aromatic carbocycles. The average Bonchev–Trinajstić information content (AvgIpc) is 4.05. The molecule has 6 atom stereocenters. The zero-order valence-corrected chi connectivity index (χ0v) is 29.0. The van der Waals surface area contributed by atoms with E-state index >= 15 is 0 Å². The zero-order chi connectivity index (χ0) is 34.5. The van der Waals surface area contributed by atoms with Gasteiger partial charge in [0.1, 0.15) is 11.4 Å². The van der Waals surface area contributed by atoms with E-state index in [1.807, 2.05) is 36.4 Å². The minimum atomic E-state index is 0.150. The van der Waals surface area contributed by atoms with Gasteiger partial charge in [-0.05, 0) is 24.7 Å². The first-order valence-corrected chi connectivity index (χ1v) is 17.5. The van der Waals surface area contributed by atoms with Crippen LogP contribution in [0.25, 0.3) is 33.6 Å². The first-order chi connectivity index (χ1) is 24.3. The normalized spacial score (nSPS) is 24.3. The Morgan fingerprint density at radius 1 is 0.700 bits per heavy atom. The minimum Gasteiger partial charge on any atom is -0.480 e. The second-order valence-corrected chi connectivity index (χ2v) is 14.0. The van der Waals surface area contributed by atoms with Crippen LogP contribution in [0.4, 0.5) is 0 Å². The van der Waals surface area contributed by atoms with Crippen molar-refractivity contribution < 1.29 is 19.1 Å². The number of halogens is 2. The highest BCUT2D eigenvalue weighted by Gasteiger charge is 2.54. The van der Waals surface area contributed by atoms with Crippen LogP contribution in [0.5, 0.6) is 11.8 Å². The van der Waals surface area contributed by atoms with Gasteiger partial charge in [0.15, 0.2) is 0 Å². The highest BCUT2D eigenvalue weighted by molar-refractivity contribution is 6.39. The lowest BCUT2D eigenvalue weighted by atomic mass is 9.98. The van der Waals surface area contributed by atoms with Crippen molar-refractivity contribution in [3.8, 4) is 45.4 Å². The number of hydrogen-bond acceptors (Lipinski definition) is 10. The molecule has 2 aromatic heterocycles. The Balaban J connectivity index is 0.985. The molecule has 2 aliphatic carbocycles. The quantitative estimate of drug-likeness (QED) is 0.160. The molecule has 0 unspecified atom stereocenters. The van der Waals surface area contributed by atoms with E-state index in [0.29, 0.717) is 93.7 Å². The fraction of sp³-hybridized carbons (Fsp3) is 0.389. The number of fused-ring (bicyclic) bond motifs is 2. The summed E-state index contributed by atoms with van der Waals surface area (Å²) < 4.78 is 11.2. The van der Waals surface area contributed by atoms with Crippen LogP contribution < -0.4 is 30.7 Å². The number of nitrogens with zero attached hydrogens (tertiary/aromatic N) is 4. The molecule has 0 bridgehead atoms. The van der Waals surface area contributed by atoms with Gasteiger partial charge in [0.25, 0.3) is 0 Å². The summed E-state index contributed by atoms with van der Waals surface area (Å²) in [4.78, 5) is 42.5. The summed E-state index contributed by atoms with van der Waals surface area (Å²) in [6, 6.07) is 11.7. The predicted molar refractivity (Wildman–Crippen MR) is 188 cm³/mol. The summed E-state index contributed by atoms with van der Waals surface area (Å²) in [7, 11) is 3.12. The standard InChI is InChI=1S/C36H36Cl2N8O4/c1-49-35-29(13-39-11-25-21-9-23(21)33(47)43-25)41-15-27(45-35)19-7-3-5-17(31(19)37)18-6-4-8-20(32(18)38)28-16-42-30(36(46-28)50-2)14-40-12-26-22-10-24(22)34(48)44-26/h3-8,15-16,21-26,39-40H,9-14H2,1-2H3,(H,43,47)(H,44,48)/t21-,22-,23+,24+,25+,26+/m0/s1. The monoisotopic (exact) mass is 714 g/mol. The number of rotatable bonds is 13. The van der Waals surface area contributed by atoms with Crippen molar-refractivity contribution >= 4 is 35.0 Å². The third-order valence-electron chi connectivity index (χ3n) is 10.2. The third-order valence-corrected chi connectivity index (χ3v) is 11.0. The van der Waals surface area contributed by atoms with Gasteiger partial charge in [0.05, 0.1) is 48.0 Å². The molecule has 14 heteroatoms. The predicted octanol–water partition coefficient (Wildman–Crippen LogP) is 4.04. The summed E-state index contributed by atoms with van der Waals surface area (Å²) in [5.41, 5.74) is 5.23. The summed E-state index contributed by atoms with van der Waals surface area (Å²) in [5.74, 6) is 2.35. The van der Waals surface area contributed by atoms with E-state index in [0.717, 1.165) is 24.0 Å². The Bertz CT molecular complexity index is 1850. The fourth-order valence-corrected chi connectivity index (χ4v) is 7.96. The molecule has 2 aliphatic heterocycles. The van der Waals surface area contributed by atoms with Crippen molar-refractivity contribution in [3.63, 3.8) is 0 Å². The SMILES string of the molecule is COc1nc(-c2cccc(-c3cccc(-c4cnc(CNC[C@H]5NC(=O)[C@@H]6C[C@H]56)c(OC)n4)c3Cl)c2Cl)cnc1CNC[C@H]1NC(=O)[C@@H]2C[C@H]12. The van der Waals surface area contributed by atoms with E-state index in [1.165, 1.54) is 0 Å². The second kappa shape index (κ2) is 13.4. The van der Waals surface area contributed by atoms with E-state index in [4.69, 9.17) is 42.6 Å².